The quantitative estimate of drug-likeness (QED) is 0.176. The Labute approximate surface area is 306 Å². The number of aromatic nitrogens is 5. The Morgan fingerprint density at radius 3 is 1.55 bits per heavy atom. The fourth-order valence-corrected chi connectivity index (χ4v) is 7.18. The van der Waals surface area contributed by atoms with E-state index in [0.29, 0.717) is 5.82 Å². The van der Waals surface area contributed by atoms with Crippen molar-refractivity contribution < 1.29 is 0 Å². The van der Waals surface area contributed by atoms with Crippen LogP contribution in [0.2, 0.25) is 0 Å². The van der Waals surface area contributed by atoms with Crippen LogP contribution in [0.25, 0.3) is 95.0 Å². The highest BCUT2D eigenvalue weighted by molar-refractivity contribution is 6.09. The number of rotatable bonds is 6. The van der Waals surface area contributed by atoms with Crippen molar-refractivity contribution in [3.63, 3.8) is 0 Å². The van der Waals surface area contributed by atoms with Crippen LogP contribution in [0.4, 0.5) is 0 Å². The minimum Gasteiger partial charge on any atom is -0.284 e. The molecule has 10 aromatic rings. The summed E-state index contributed by atoms with van der Waals surface area (Å²) >= 11 is 0. The fourth-order valence-electron chi connectivity index (χ4n) is 7.18. The number of hydrogen-bond donors (Lipinski definition) is 0. The monoisotopic (exact) mass is 677 g/mol. The van der Waals surface area contributed by atoms with E-state index in [4.69, 9.17) is 19.9 Å². The number of hydrogen-bond acceptors (Lipinski definition) is 4. The standard InChI is InChI=1S/C48H31N5/c1-3-13-32(14-4-1)36-17-11-19-38(29-36)42-31-43(50-47(49-42)35-15-5-2-6-16-35)39-20-12-18-37(30-39)33-24-26-34(27-25-33)45-40-21-7-8-22-41(40)46-48(52-45)53-28-10-9-23-44(53)51-46/h1-31H. The molecule has 248 valence electrons. The molecule has 10 rings (SSSR count). The van der Waals surface area contributed by atoms with E-state index in [1.54, 1.807) is 0 Å². The lowest BCUT2D eigenvalue weighted by molar-refractivity contribution is 1.18. The van der Waals surface area contributed by atoms with Gasteiger partial charge in [-0.15, -0.1) is 0 Å². The number of benzene rings is 6. The predicted molar refractivity (Wildman–Crippen MR) is 216 cm³/mol. The summed E-state index contributed by atoms with van der Waals surface area (Å²) in [6.07, 6.45) is 2.03. The Hall–Kier alpha value is -7.24. The molecule has 0 N–H and O–H groups in total. The zero-order chi connectivity index (χ0) is 35.1. The van der Waals surface area contributed by atoms with E-state index in [1.165, 1.54) is 5.56 Å². The van der Waals surface area contributed by atoms with Crippen LogP contribution in [0, 0.1) is 0 Å². The van der Waals surface area contributed by atoms with Crippen molar-refractivity contribution in [2.24, 2.45) is 0 Å². The number of pyridine rings is 2. The molecule has 0 aliphatic heterocycles. The molecule has 5 nitrogen and oxygen atoms in total. The molecule has 6 aromatic carbocycles. The highest BCUT2D eigenvalue weighted by Gasteiger charge is 2.16. The van der Waals surface area contributed by atoms with Gasteiger partial charge in [0.2, 0.25) is 0 Å². The van der Waals surface area contributed by atoms with Crippen LogP contribution >= 0.6 is 0 Å². The second-order valence-electron chi connectivity index (χ2n) is 13.2. The highest BCUT2D eigenvalue weighted by Crippen LogP contribution is 2.35. The Morgan fingerprint density at radius 2 is 0.868 bits per heavy atom. The lowest BCUT2D eigenvalue weighted by Crippen LogP contribution is -1.96. The maximum absolute atomic E-state index is 5.19. The van der Waals surface area contributed by atoms with Gasteiger partial charge < -0.3 is 0 Å². The van der Waals surface area contributed by atoms with E-state index in [0.717, 1.165) is 83.6 Å². The van der Waals surface area contributed by atoms with Gasteiger partial charge in [-0.3, -0.25) is 4.40 Å². The molecule has 0 unspecified atom stereocenters. The fraction of sp³-hybridized carbons (Fsp3) is 0. The van der Waals surface area contributed by atoms with Gasteiger partial charge in [0.25, 0.3) is 0 Å². The zero-order valence-corrected chi connectivity index (χ0v) is 28.6. The van der Waals surface area contributed by atoms with E-state index in [2.05, 4.69) is 144 Å². The van der Waals surface area contributed by atoms with Crippen molar-refractivity contribution in [1.29, 1.82) is 0 Å². The van der Waals surface area contributed by atoms with Crippen molar-refractivity contribution in [3.05, 3.63) is 188 Å². The van der Waals surface area contributed by atoms with E-state index in [9.17, 15) is 0 Å². The van der Waals surface area contributed by atoms with Crippen LogP contribution in [0.1, 0.15) is 0 Å². The number of fused-ring (bicyclic) bond motifs is 5. The van der Waals surface area contributed by atoms with Crippen molar-refractivity contribution in [2.75, 3.05) is 0 Å². The van der Waals surface area contributed by atoms with Gasteiger partial charge in [0.15, 0.2) is 11.5 Å². The molecule has 0 saturated heterocycles. The summed E-state index contributed by atoms with van der Waals surface area (Å²) in [6.45, 7) is 0. The second-order valence-corrected chi connectivity index (χ2v) is 13.2. The van der Waals surface area contributed by atoms with Gasteiger partial charge in [-0.05, 0) is 52.6 Å². The van der Waals surface area contributed by atoms with Gasteiger partial charge in [0.1, 0.15) is 11.2 Å². The zero-order valence-electron chi connectivity index (χ0n) is 28.6. The van der Waals surface area contributed by atoms with Crippen molar-refractivity contribution >= 4 is 27.6 Å². The average Bonchev–Trinajstić information content (AvgIpc) is 3.63. The normalized spacial score (nSPS) is 11.4. The predicted octanol–water partition coefficient (Wildman–Crippen LogP) is 11.8. The Bertz CT molecular complexity index is 2930. The molecular weight excluding hydrogens is 647 g/mol. The molecular formula is C48H31N5. The van der Waals surface area contributed by atoms with Gasteiger partial charge >= 0.3 is 0 Å². The molecule has 0 radical (unpaired) electrons. The maximum atomic E-state index is 5.19. The maximum Gasteiger partial charge on any atom is 0.165 e. The van der Waals surface area contributed by atoms with Crippen LogP contribution in [-0.4, -0.2) is 24.3 Å². The Kier molecular flexibility index (Phi) is 7.40. The molecule has 0 atom stereocenters. The van der Waals surface area contributed by atoms with E-state index >= 15 is 0 Å². The van der Waals surface area contributed by atoms with Gasteiger partial charge in [-0.25, -0.2) is 19.9 Å². The Balaban J connectivity index is 1.04. The average molecular weight is 678 g/mol. The molecule has 4 heterocycles. The van der Waals surface area contributed by atoms with Gasteiger partial charge in [0, 0.05) is 39.2 Å². The molecule has 0 spiro atoms. The third-order valence-electron chi connectivity index (χ3n) is 9.83. The van der Waals surface area contributed by atoms with Gasteiger partial charge in [-0.2, -0.15) is 0 Å². The van der Waals surface area contributed by atoms with E-state index in [1.807, 2.05) is 48.7 Å². The summed E-state index contributed by atoms with van der Waals surface area (Å²) in [5.41, 5.74) is 14.0. The molecule has 0 fully saturated rings. The van der Waals surface area contributed by atoms with E-state index in [-0.39, 0.29) is 0 Å². The van der Waals surface area contributed by atoms with Crippen molar-refractivity contribution in [1.82, 2.24) is 24.3 Å². The van der Waals surface area contributed by atoms with Crippen LogP contribution < -0.4 is 0 Å². The number of imidazole rings is 1. The molecule has 5 heteroatoms. The van der Waals surface area contributed by atoms with Crippen LogP contribution in [0.5, 0.6) is 0 Å². The first kappa shape index (κ1) is 30.6. The first-order chi connectivity index (χ1) is 26.2. The van der Waals surface area contributed by atoms with Crippen molar-refractivity contribution in [3.8, 4) is 67.4 Å². The molecule has 4 aromatic heterocycles. The smallest absolute Gasteiger partial charge is 0.165 e. The summed E-state index contributed by atoms with van der Waals surface area (Å²) in [7, 11) is 0. The summed E-state index contributed by atoms with van der Waals surface area (Å²) in [6, 6.07) is 63.1. The Morgan fingerprint density at radius 1 is 0.340 bits per heavy atom. The molecule has 53 heavy (non-hydrogen) atoms. The summed E-state index contributed by atoms with van der Waals surface area (Å²) in [5, 5.41) is 2.18. The van der Waals surface area contributed by atoms with Crippen LogP contribution in [-0.2, 0) is 0 Å². The lowest BCUT2D eigenvalue weighted by atomic mass is 9.97. The highest BCUT2D eigenvalue weighted by atomic mass is 15.1. The largest absolute Gasteiger partial charge is 0.284 e. The minimum atomic E-state index is 0.695. The molecule has 0 amide bonds. The summed E-state index contributed by atoms with van der Waals surface area (Å²) in [4.78, 5) is 20.3. The lowest BCUT2D eigenvalue weighted by Gasteiger charge is -2.12. The van der Waals surface area contributed by atoms with Gasteiger partial charge in [0.05, 0.1) is 17.1 Å². The van der Waals surface area contributed by atoms with Crippen LogP contribution in [0.3, 0.4) is 0 Å². The summed E-state index contributed by atoms with van der Waals surface area (Å²) in [5.74, 6) is 0.695. The number of nitrogens with zero attached hydrogens (tertiary/aromatic N) is 5. The van der Waals surface area contributed by atoms with Gasteiger partial charge in [-0.1, -0.05) is 152 Å². The molecule has 0 aliphatic carbocycles. The molecule has 0 bridgehead atoms. The van der Waals surface area contributed by atoms with Crippen molar-refractivity contribution in [2.45, 2.75) is 0 Å². The summed E-state index contributed by atoms with van der Waals surface area (Å²) < 4.78 is 2.06. The molecule has 0 aliphatic rings. The minimum absolute atomic E-state index is 0.695. The van der Waals surface area contributed by atoms with Crippen LogP contribution in [0.15, 0.2) is 188 Å². The topological polar surface area (TPSA) is 56.0 Å². The first-order valence-corrected chi connectivity index (χ1v) is 17.7. The first-order valence-electron chi connectivity index (χ1n) is 17.7. The third kappa shape index (κ3) is 5.61. The second kappa shape index (κ2) is 12.8. The van der Waals surface area contributed by atoms with E-state index < -0.39 is 0 Å². The SMILES string of the molecule is c1ccc(-c2cccc(-c3cc(-c4cccc(-c5ccc(-c6nc7c(nc8ccccn87)c7ccccc67)cc5)c4)nc(-c4ccccc4)n3)c2)cc1. The third-order valence-corrected chi connectivity index (χ3v) is 9.83. The molecule has 0 saturated carbocycles.